The Labute approximate surface area is 146 Å². The molecule has 1 aromatic rings. The third-order valence-corrected chi connectivity index (χ3v) is 6.47. The average molecular weight is 355 g/mol. The number of hydrogen-bond donors (Lipinski definition) is 2. The molecule has 1 rings (SSSR count). The second-order valence-corrected chi connectivity index (χ2v) is 7.92. The Balaban J connectivity index is 2.28. The van der Waals surface area contributed by atoms with Crippen molar-refractivity contribution in [1.82, 2.24) is 5.32 Å². The topological polar surface area (TPSA) is 68.8 Å². The maximum atomic E-state index is 11.8. The maximum Gasteiger partial charge on any atom is 0.500 e. The second kappa shape index (κ2) is 12.0. The van der Waals surface area contributed by atoms with Crippen molar-refractivity contribution < 1.29 is 18.1 Å². The molecule has 0 saturated heterocycles. The average Bonchev–Trinajstić information content (AvgIpc) is 2.56. The Morgan fingerprint density at radius 1 is 0.958 bits per heavy atom. The fraction of sp³-hybridized carbons (Fsp3) is 0.588. The van der Waals surface area contributed by atoms with Gasteiger partial charge in [0.1, 0.15) is 0 Å². The molecule has 1 aromatic carbocycles. The van der Waals surface area contributed by atoms with Gasteiger partial charge in [0.15, 0.2) is 0 Å². The number of rotatable bonds is 12. The van der Waals surface area contributed by atoms with Gasteiger partial charge in [-0.3, -0.25) is 0 Å². The van der Waals surface area contributed by atoms with Crippen LogP contribution < -0.4 is 10.6 Å². The molecule has 6 nitrogen and oxygen atoms in total. The van der Waals surface area contributed by atoms with Crippen molar-refractivity contribution in [2.75, 3.05) is 31.7 Å². The number of anilines is 1. The zero-order valence-corrected chi connectivity index (χ0v) is 16.0. The van der Waals surface area contributed by atoms with Gasteiger partial charge < -0.3 is 23.9 Å². The second-order valence-electron chi connectivity index (χ2n) is 5.19. The first kappa shape index (κ1) is 20.6. The molecule has 136 valence electrons. The van der Waals surface area contributed by atoms with Crippen LogP contribution in [0.5, 0.6) is 0 Å². The normalized spacial score (nSPS) is 11.3. The smallest absolute Gasteiger partial charge is 0.374 e. The lowest BCUT2D eigenvalue weighted by Gasteiger charge is -2.28. The Hall–Kier alpha value is -1.41. The predicted octanol–water partition coefficient (Wildman–Crippen LogP) is 3.64. The van der Waals surface area contributed by atoms with Crippen molar-refractivity contribution in [3.05, 3.63) is 30.3 Å². The van der Waals surface area contributed by atoms with Gasteiger partial charge in [-0.15, -0.1) is 0 Å². The van der Waals surface area contributed by atoms with E-state index in [1.165, 1.54) is 0 Å². The predicted molar refractivity (Wildman–Crippen MR) is 98.1 cm³/mol. The lowest BCUT2D eigenvalue weighted by atomic mass is 10.3. The van der Waals surface area contributed by atoms with E-state index >= 15 is 0 Å². The molecule has 0 fully saturated rings. The first-order valence-corrected chi connectivity index (χ1v) is 10.6. The fourth-order valence-corrected chi connectivity index (χ4v) is 5.05. The van der Waals surface area contributed by atoms with Crippen LogP contribution in [-0.4, -0.2) is 41.2 Å². The Morgan fingerprint density at radius 3 is 2.08 bits per heavy atom. The van der Waals surface area contributed by atoms with E-state index in [9.17, 15) is 4.79 Å². The molecule has 2 amide bonds. The van der Waals surface area contributed by atoms with E-state index in [0.717, 1.165) is 24.6 Å². The summed E-state index contributed by atoms with van der Waals surface area (Å²) in [5.74, 6) is 0. The highest BCUT2D eigenvalue weighted by atomic mass is 28.4. The molecular formula is C17H30N2O4Si. The van der Waals surface area contributed by atoms with E-state index in [1.54, 1.807) is 0 Å². The highest BCUT2D eigenvalue weighted by Gasteiger charge is 2.39. The summed E-state index contributed by atoms with van der Waals surface area (Å²) >= 11 is 0. The molecule has 2 N–H and O–H groups in total. The Morgan fingerprint density at radius 2 is 1.54 bits per heavy atom. The number of nitrogens with one attached hydrogen (secondary N) is 2. The number of unbranched alkanes of at least 4 members (excludes halogenated alkanes) is 1. The SMILES string of the molecule is CCO[Si](CCCCNC(=O)Nc1ccccc1)(OCC)OCC. The van der Waals surface area contributed by atoms with Gasteiger partial charge in [0.05, 0.1) is 0 Å². The molecule has 0 spiro atoms. The molecule has 0 aliphatic rings. The van der Waals surface area contributed by atoms with E-state index in [0.29, 0.717) is 26.4 Å². The summed E-state index contributed by atoms with van der Waals surface area (Å²) in [6, 6.07) is 9.96. The molecule has 0 aliphatic heterocycles. The molecule has 0 atom stereocenters. The van der Waals surface area contributed by atoms with Crippen LogP contribution >= 0.6 is 0 Å². The van der Waals surface area contributed by atoms with Crippen molar-refractivity contribution in [2.24, 2.45) is 0 Å². The zero-order valence-electron chi connectivity index (χ0n) is 15.0. The van der Waals surface area contributed by atoms with Crippen molar-refractivity contribution in [1.29, 1.82) is 0 Å². The van der Waals surface area contributed by atoms with Crippen molar-refractivity contribution in [2.45, 2.75) is 39.7 Å². The fourth-order valence-electron chi connectivity index (χ4n) is 2.37. The lowest BCUT2D eigenvalue weighted by molar-refractivity contribution is 0.0707. The number of hydrogen-bond acceptors (Lipinski definition) is 4. The van der Waals surface area contributed by atoms with Gasteiger partial charge in [-0.1, -0.05) is 18.2 Å². The molecule has 0 saturated carbocycles. The van der Waals surface area contributed by atoms with Crippen LogP contribution in [0.4, 0.5) is 10.5 Å². The van der Waals surface area contributed by atoms with E-state index in [-0.39, 0.29) is 6.03 Å². The van der Waals surface area contributed by atoms with E-state index in [2.05, 4.69) is 10.6 Å². The van der Waals surface area contributed by atoms with Crippen molar-refractivity contribution >= 4 is 20.5 Å². The van der Waals surface area contributed by atoms with Gasteiger partial charge in [-0.05, 0) is 45.7 Å². The molecule has 0 aromatic heterocycles. The minimum atomic E-state index is -2.56. The summed E-state index contributed by atoms with van der Waals surface area (Å²) in [6.07, 6.45) is 1.74. The minimum Gasteiger partial charge on any atom is -0.374 e. The quantitative estimate of drug-likeness (QED) is 0.444. The van der Waals surface area contributed by atoms with Crippen LogP contribution in [0.15, 0.2) is 30.3 Å². The third-order valence-electron chi connectivity index (χ3n) is 3.32. The van der Waals surface area contributed by atoms with Gasteiger partial charge >= 0.3 is 14.8 Å². The third kappa shape index (κ3) is 7.92. The summed E-state index contributed by atoms with van der Waals surface area (Å²) < 4.78 is 17.4. The molecule has 0 heterocycles. The highest BCUT2D eigenvalue weighted by molar-refractivity contribution is 6.60. The number of amides is 2. The van der Waals surface area contributed by atoms with Gasteiger partial charge in [-0.2, -0.15) is 0 Å². The molecule has 7 heteroatoms. The minimum absolute atomic E-state index is 0.191. The number of urea groups is 1. The van der Waals surface area contributed by atoms with E-state index in [4.69, 9.17) is 13.3 Å². The maximum absolute atomic E-state index is 11.8. The highest BCUT2D eigenvalue weighted by Crippen LogP contribution is 2.19. The molecule has 0 radical (unpaired) electrons. The Kier molecular flexibility index (Phi) is 10.3. The molecule has 0 bridgehead atoms. The first-order chi connectivity index (χ1) is 11.7. The van der Waals surface area contributed by atoms with Gasteiger partial charge in [-0.25, -0.2) is 4.79 Å². The summed E-state index contributed by atoms with van der Waals surface area (Å²) in [5.41, 5.74) is 0.783. The molecule has 0 unspecified atom stereocenters. The zero-order chi connectivity index (χ0) is 17.7. The van der Waals surface area contributed by atoms with Gasteiger partial charge in [0, 0.05) is 38.1 Å². The summed E-state index contributed by atoms with van der Waals surface area (Å²) in [4.78, 5) is 11.8. The van der Waals surface area contributed by atoms with Crippen LogP contribution in [0.25, 0.3) is 0 Å². The summed E-state index contributed by atoms with van der Waals surface area (Å²) in [7, 11) is -2.56. The van der Waals surface area contributed by atoms with Crippen LogP contribution in [0.3, 0.4) is 0 Å². The van der Waals surface area contributed by atoms with Gasteiger partial charge in [0.25, 0.3) is 0 Å². The lowest BCUT2D eigenvalue weighted by Crippen LogP contribution is -2.46. The Bertz CT molecular complexity index is 442. The van der Waals surface area contributed by atoms with Crippen LogP contribution in [0.2, 0.25) is 6.04 Å². The standard InChI is InChI=1S/C17H30N2O4Si/c1-4-21-24(22-5-2,23-6-3)15-11-10-14-18-17(20)19-16-12-8-7-9-13-16/h7-9,12-13H,4-6,10-11,14-15H2,1-3H3,(H2,18,19,20). The summed E-state index contributed by atoms with van der Waals surface area (Å²) in [5, 5.41) is 5.65. The van der Waals surface area contributed by atoms with E-state index in [1.807, 2.05) is 51.1 Å². The monoisotopic (exact) mass is 354 g/mol. The largest absolute Gasteiger partial charge is 0.500 e. The van der Waals surface area contributed by atoms with Gasteiger partial charge in [0.2, 0.25) is 0 Å². The molecule has 0 aliphatic carbocycles. The first-order valence-electron chi connectivity index (χ1n) is 8.67. The summed E-state index contributed by atoms with van der Waals surface area (Å²) in [6.45, 7) is 8.23. The number of benzene rings is 1. The molecular weight excluding hydrogens is 324 g/mol. The van der Waals surface area contributed by atoms with Crippen molar-refractivity contribution in [3.63, 3.8) is 0 Å². The van der Waals surface area contributed by atoms with Crippen LogP contribution in [0.1, 0.15) is 33.6 Å². The molecule has 24 heavy (non-hydrogen) atoms. The van der Waals surface area contributed by atoms with Crippen LogP contribution in [-0.2, 0) is 13.3 Å². The number of para-hydroxylation sites is 1. The number of carbonyl (C=O) groups excluding carboxylic acids is 1. The van der Waals surface area contributed by atoms with Crippen LogP contribution in [0, 0.1) is 0 Å². The number of carbonyl (C=O) groups is 1. The van der Waals surface area contributed by atoms with E-state index < -0.39 is 8.80 Å². The van der Waals surface area contributed by atoms with Crippen molar-refractivity contribution in [3.8, 4) is 0 Å².